The summed E-state index contributed by atoms with van der Waals surface area (Å²) in [6.07, 6.45) is 7.14. The molecule has 37 heavy (non-hydrogen) atoms. The quantitative estimate of drug-likeness (QED) is 0.116. The van der Waals surface area contributed by atoms with Crippen LogP contribution in [0.1, 0.15) is 30.1 Å². The van der Waals surface area contributed by atoms with Gasteiger partial charge in [-0.25, -0.2) is 4.79 Å². The van der Waals surface area contributed by atoms with Crippen molar-refractivity contribution in [2.45, 2.75) is 25.0 Å². The number of para-hydroxylation sites is 2. The Bertz CT molecular complexity index is 1270. The molecular formula is C30H27ClN2O3S. The summed E-state index contributed by atoms with van der Waals surface area (Å²) in [5.74, 6) is -0.175. The Morgan fingerprint density at radius 2 is 1.54 bits per heavy atom. The Morgan fingerprint density at radius 3 is 2.08 bits per heavy atom. The van der Waals surface area contributed by atoms with E-state index in [0.29, 0.717) is 17.7 Å². The van der Waals surface area contributed by atoms with Gasteiger partial charge in [-0.2, -0.15) is 11.8 Å². The summed E-state index contributed by atoms with van der Waals surface area (Å²) in [5, 5.41) is 4.92. The Labute approximate surface area is 226 Å². The van der Waals surface area contributed by atoms with Crippen LogP contribution in [0.3, 0.4) is 0 Å². The molecule has 1 atom stereocenters. The molecular weight excluding hydrogens is 504 g/mol. The Balaban J connectivity index is 1.51. The lowest BCUT2D eigenvalue weighted by atomic mass is 10.0. The van der Waals surface area contributed by atoms with Crippen LogP contribution in [0.25, 0.3) is 0 Å². The van der Waals surface area contributed by atoms with E-state index >= 15 is 0 Å². The second-order valence-corrected chi connectivity index (χ2v) is 10.1. The first-order chi connectivity index (χ1) is 18.0. The maximum Gasteiger partial charge on any atom is 0.331 e. The van der Waals surface area contributed by atoms with Gasteiger partial charge in [-0.05, 0) is 66.8 Å². The van der Waals surface area contributed by atoms with E-state index in [-0.39, 0.29) is 16.7 Å². The van der Waals surface area contributed by atoms with Gasteiger partial charge in [-0.1, -0.05) is 65.3 Å². The second-order valence-electron chi connectivity index (χ2n) is 8.35. The van der Waals surface area contributed by atoms with E-state index in [2.05, 4.69) is 16.1 Å². The normalized spacial score (nSPS) is 15.1. The minimum atomic E-state index is -0.565. The molecule has 5 nitrogen and oxygen atoms in total. The number of carbonyl (C=O) groups excluding carboxylic acids is 2. The largest absolute Gasteiger partial charge is 0.331 e. The monoisotopic (exact) mass is 530 g/mol. The van der Waals surface area contributed by atoms with Gasteiger partial charge in [0.15, 0.2) is 0 Å². The van der Waals surface area contributed by atoms with Crippen molar-refractivity contribution in [1.82, 2.24) is 0 Å². The predicted molar refractivity (Wildman–Crippen MR) is 153 cm³/mol. The van der Waals surface area contributed by atoms with Crippen molar-refractivity contribution in [3.63, 3.8) is 0 Å². The number of carbonyl (C=O) groups is 2. The predicted octanol–water partition coefficient (Wildman–Crippen LogP) is 7.83. The summed E-state index contributed by atoms with van der Waals surface area (Å²) in [7, 11) is 0. The van der Waals surface area contributed by atoms with E-state index in [1.165, 1.54) is 6.92 Å². The first-order valence-corrected chi connectivity index (χ1v) is 13.4. The zero-order chi connectivity index (χ0) is 26.0. The highest BCUT2D eigenvalue weighted by Gasteiger charge is 2.19. The van der Waals surface area contributed by atoms with E-state index in [1.807, 2.05) is 84.9 Å². The summed E-state index contributed by atoms with van der Waals surface area (Å²) in [6, 6.07) is 27.5. The number of rotatable bonds is 10. The third-order valence-corrected chi connectivity index (χ3v) is 7.15. The molecule has 0 amide bonds. The van der Waals surface area contributed by atoms with Crippen molar-refractivity contribution in [1.29, 1.82) is 0 Å². The fraction of sp³-hybridized carbons (Fsp3) is 0.167. The number of benzene rings is 3. The van der Waals surface area contributed by atoms with Crippen LogP contribution in [-0.2, 0) is 9.63 Å². The number of halogens is 1. The molecule has 3 aromatic carbocycles. The molecule has 7 heteroatoms. The summed E-state index contributed by atoms with van der Waals surface area (Å²) < 4.78 is 0. The molecule has 0 saturated carbocycles. The van der Waals surface area contributed by atoms with E-state index in [4.69, 9.17) is 16.4 Å². The summed E-state index contributed by atoms with van der Waals surface area (Å²) in [4.78, 5) is 31.7. The van der Waals surface area contributed by atoms with Crippen LogP contribution in [0.15, 0.2) is 113 Å². The molecule has 188 valence electrons. The van der Waals surface area contributed by atoms with Crippen LogP contribution in [-0.4, -0.2) is 28.5 Å². The second kappa shape index (κ2) is 13.1. The van der Waals surface area contributed by atoms with Gasteiger partial charge in [-0.15, -0.1) is 0 Å². The number of Topliss-reactive ketones (excluding diaryl/α,β-unsaturated/α-hetero) is 1. The smallest absolute Gasteiger partial charge is 0.318 e. The average molecular weight is 531 g/mol. The van der Waals surface area contributed by atoms with Crippen LogP contribution >= 0.6 is 23.4 Å². The van der Waals surface area contributed by atoms with Crippen molar-refractivity contribution < 1.29 is 14.4 Å². The van der Waals surface area contributed by atoms with Gasteiger partial charge in [0.2, 0.25) is 5.78 Å². The molecule has 0 heterocycles. The van der Waals surface area contributed by atoms with E-state index in [9.17, 15) is 9.59 Å². The molecule has 0 aromatic heterocycles. The average Bonchev–Trinajstić information content (AvgIpc) is 2.93. The topological polar surface area (TPSA) is 59.0 Å². The van der Waals surface area contributed by atoms with Crippen LogP contribution in [0.2, 0.25) is 0 Å². The first-order valence-electron chi connectivity index (χ1n) is 12.0. The molecule has 0 aliphatic heterocycles. The van der Waals surface area contributed by atoms with Crippen molar-refractivity contribution in [3.8, 4) is 0 Å². The summed E-state index contributed by atoms with van der Waals surface area (Å²) >= 11 is 7.70. The minimum Gasteiger partial charge on any atom is -0.318 e. The van der Waals surface area contributed by atoms with Crippen molar-refractivity contribution in [2.75, 3.05) is 10.7 Å². The molecule has 0 bridgehead atoms. The molecule has 0 saturated heterocycles. The number of hydrogen-bond donors (Lipinski definition) is 0. The van der Waals surface area contributed by atoms with Crippen molar-refractivity contribution in [3.05, 3.63) is 114 Å². The molecule has 3 aromatic rings. The number of nitrogens with zero attached hydrogens (tertiary/aromatic N) is 2. The Kier molecular flexibility index (Phi) is 9.35. The number of hydrogen-bond acceptors (Lipinski definition) is 6. The highest BCUT2D eigenvalue weighted by molar-refractivity contribution is 8.00. The minimum absolute atomic E-state index is 0.215. The standard InChI is InChI=1S/C30H27ClN2O3S/c1-22(34)36-32-29(20-21-37-28-18-14-24(31)15-19-28)30(35)23-12-16-27(17-13-23)33(25-8-4-2-5-9-25)26-10-6-3-7-11-26/h2-18,28H,19-21H2,1H3/b32-29+. The zero-order valence-electron chi connectivity index (χ0n) is 20.4. The molecule has 1 unspecified atom stereocenters. The highest BCUT2D eigenvalue weighted by atomic mass is 35.5. The molecule has 1 aliphatic carbocycles. The zero-order valence-corrected chi connectivity index (χ0v) is 22.0. The number of anilines is 3. The van der Waals surface area contributed by atoms with Crippen LogP contribution in [0, 0.1) is 0 Å². The number of oxime groups is 1. The van der Waals surface area contributed by atoms with E-state index in [1.54, 1.807) is 23.9 Å². The summed E-state index contributed by atoms with van der Waals surface area (Å²) in [5.41, 5.74) is 3.63. The highest BCUT2D eigenvalue weighted by Crippen LogP contribution is 2.34. The first kappa shape index (κ1) is 26.5. The van der Waals surface area contributed by atoms with E-state index < -0.39 is 5.97 Å². The SMILES string of the molecule is CC(=O)O/N=C(\CCSC1C=CC(Cl)=CC1)C(=O)c1ccc(N(c2ccccc2)c2ccccc2)cc1. The summed E-state index contributed by atoms with van der Waals surface area (Å²) in [6.45, 7) is 1.26. The van der Waals surface area contributed by atoms with Gasteiger partial charge >= 0.3 is 5.97 Å². The van der Waals surface area contributed by atoms with Gasteiger partial charge in [0.25, 0.3) is 0 Å². The number of ketones is 1. The van der Waals surface area contributed by atoms with E-state index in [0.717, 1.165) is 28.5 Å². The maximum atomic E-state index is 13.3. The van der Waals surface area contributed by atoms with Gasteiger partial charge in [0.1, 0.15) is 5.71 Å². The van der Waals surface area contributed by atoms with Gasteiger partial charge in [0, 0.05) is 46.3 Å². The molecule has 1 aliphatic rings. The van der Waals surface area contributed by atoms with Crippen LogP contribution in [0.4, 0.5) is 17.1 Å². The molecule has 0 N–H and O–H groups in total. The van der Waals surface area contributed by atoms with Gasteiger partial charge in [-0.3, -0.25) is 4.79 Å². The molecule has 0 radical (unpaired) electrons. The Hall–Kier alpha value is -3.61. The maximum absolute atomic E-state index is 13.3. The lowest BCUT2D eigenvalue weighted by molar-refractivity contribution is -0.140. The fourth-order valence-corrected chi connectivity index (χ4v) is 5.05. The molecule has 0 spiro atoms. The third-order valence-electron chi connectivity index (χ3n) is 5.65. The fourth-order valence-electron chi connectivity index (χ4n) is 3.86. The van der Waals surface area contributed by atoms with Crippen molar-refractivity contribution >= 4 is 57.9 Å². The number of thioether (sulfide) groups is 1. The van der Waals surface area contributed by atoms with Crippen LogP contribution < -0.4 is 4.90 Å². The van der Waals surface area contributed by atoms with Crippen LogP contribution in [0.5, 0.6) is 0 Å². The molecule has 4 rings (SSSR count). The third kappa shape index (κ3) is 7.44. The van der Waals surface area contributed by atoms with Gasteiger partial charge < -0.3 is 9.74 Å². The van der Waals surface area contributed by atoms with Crippen molar-refractivity contribution in [2.24, 2.45) is 5.16 Å². The molecule has 0 fully saturated rings. The Morgan fingerprint density at radius 1 is 0.946 bits per heavy atom. The van der Waals surface area contributed by atoms with Gasteiger partial charge in [0.05, 0.1) is 0 Å². The lowest BCUT2D eigenvalue weighted by Gasteiger charge is -2.25. The lowest BCUT2D eigenvalue weighted by Crippen LogP contribution is -2.18. The number of allylic oxidation sites excluding steroid dienone is 3.